The van der Waals surface area contributed by atoms with Gasteiger partial charge in [-0.2, -0.15) is 0 Å². The topological polar surface area (TPSA) is 3.24 Å². The van der Waals surface area contributed by atoms with Crippen LogP contribution in [0.1, 0.15) is 5.56 Å². The Morgan fingerprint density at radius 2 is 1.64 bits per heavy atom. The van der Waals surface area contributed by atoms with Gasteiger partial charge in [-0.15, -0.1) is 0 Å². The molecule has 0 spiro atoms. The van der Waals surface area contributed by atoms with Crippen molar-refractivity contribution in [3.63, 3.8) is 0 Å². The standard InChI is InChI=1S/C13H13N/c1-14-9-7-13(8-10-14)11-12-5-3-2-4-6-12/h2-11H,1H3. The van der Waals surface area contributed by atoms with Gasteiger partial charge in [-0.05, 0) is 29.4 Å². The largest absolute Gasteiger partial charge is 0.357 e. The molecule has 0 N–H and O–H groups in total. The normalized spacial score (nSPS) is 14.6. The fourth-order valence-corrected chi connectivity index (χ4v) is 1.35. The molecule has 0 amide bonds. The van der Waals surface area contributed by atoms with E-state index in [1.54, 1.807) is 0 Å². The summed E-state index contributed by atoms with van der Waals surface area (Å²) in [6.45, 7) is 0. The quantitative estimate of drug-likeness (QED) is 0.646. The number of rotatable bonds is 1. The van der Waals surface area contributed by atoms with E-state index in [2.05, 4.69) is 54.9 Å². The van der Waals surface area contributed by atoms with Crippen LogP contribution in [-0.2, 0) is 0 Å². The molecule has 0 aliphatic carbocycles. The average Bonchev–Trinajstić information content (AvgIpc) is 2.23. The van der Waals surface area contributed by atoms with Crippen LogP contribution >= 0.6 is 0 Å². The van der Waals surface area contributed by atoms with Crippen molar-refractivity contribution in [3.05, 3.63) is 66.0 Å². The van der Waals surface area contributed by atoms with Crippen LogP contribution in [0.5, 0.6) is 0 Å². The molecule has 14 heavy (non-hydrogen) atoms. The van der Waals surface area contributed by atoms with Gasteiger partial charge in [0.25, 0.3) is 0 Å². The second kappa shape index (κ2) is 3.97. The van der Waals surface area contributed by atoms with Gasteiger partial charge < -0.3 is 4.90 Å². The summed E-state index contributed by atoms with van der Waals surface area (Å²) >= 11 is 0. The molecule has 1 heteroatoms. The molecule has 1 aromatic carbocycles. The van der Waals surface area contributed by atoms with Crippen molar-refractivity contribution in [1.82, 2.24) is 4.90 Å². The number of allylic oxidation sites excluding steroid dienone is 3. The molecule has 70 valence electrons. The molecule has 0 saturated carbocycles. The molecule has 0 unspecified atom stereocenters. The summed E-state index contributed by atoms with van der Waals surface area (Å²) < 4.78 is 0. The lowest BCUT2D eigenvalue weighted by Gasteiger charge is -2.11. The van der Waals surface area contributed by atoms with Crippen molar-refractivity contribution >= 4 is 6.08 Å². The minimum absolute atomic E-state index is 1.23. The first-order chi connectivity index (χ1) is 6.84. The summed E-state index contributed by atoms with van der Waals surface area (Å²) in [5.41, 5.74) is 2.47. The van der Waals surface area contributed by atoms with E-state index in [4.69, 9.17) is 0 Å². The molecular formula is C13H13N. The smallest absolute Gasteiger partial charge is 0.0106 e. The van der Waals surface area contributed by atoms with E-state index in [0.717, 1.165) is 0 Å². The van der Waals surface area contributed by atoms with Gasteiger partial charge in [0.1, 0.15) is 0 Å². The Bertz CT molecular complexity index is 369. The monoisotopic (exact) mass is 183 g/mol. The van der Waals surface area contributed by atoms with Crippen LogP contribution in [0, 0.1) is 0 Å². The van der Waals surface area contributed by atoms with Crippen LogP contribution in [-0.4, -0.2) is 11.9 Å². The van der Waals surface area contributed by atoms with Crippen LogP contribution in [0.15, 0.2) is 60.5 Å². The van der Waals surface area contributed by atoms with Crippen molar-refractivity contribution in [2.75, 3.05) is 7.05 Å². The third-order valence-electron chi connectivity index (χ3n) is 2.14. The lowest BCUT2D eigenvalue weighted by molar-refractivity contribution is 0.620. The van der Waals surface area contributed by atoms with Crippen molar-refractivity contribution in [2.45, 2.75) is 0 Å². The fraction of sp³-hybridized carbons (Fsp3) is 0.0769. The molecule has 0 aromatic heterocycles. The summed E-state index contributed by atoms with van der Waals surface area (Å²) in [5.74, 6) is 0. The maximum absolute atomic E-state index is 2.17. The zero-order valence-electron chi connectivity index (χ0n) is 8.22. The summed E-state index contributed by atoms with van der Waals surface area (Å²) in [6.07, 6.45) is 10.5. The first-order valence-electron chi connectivity index (χ1n) is 4.70. The second-order valence-electron chi connectivity index (χ2n) is 3.35. The van der Waals surface area contributed by atoms with Gasteiger partial charge in [0, 0.05) is 19.4 Å². The highest BCUT2D eigenvalue weighted by Crippen LogP contribution is 2.12. The number of benzene rings is 1. The zero-order chi connectivity index (χ0) is 9.80. The highest BCUT2D eigenvalue weighted by atomic mass is 15.0. The minimum Gasteiger partial charge on any atom is -0.357 e. The molecule has 0 radical (unpaired) electrons. The van der Waals surface area contributed by atoms with Crippen molar-refractivity contribution < 1.29 is 0 Å². The summed E-state index contributed by atoms with van der Waals surface area (Å²) in [6, 6.07) is 10.3. The third-order valence-corrected chi connectivity index (χ3v) is 2.14. The predicted octanol–water partition coefficient (Wildman–Crippen LogP) is 3.04. The van der Waals surface area contributed by atoms with Gasteiger partial charge in [-0.3, -0.25) is 0 Å². The van der Waals surface area contributed by atoms with E-state index in [9.17, 15) is 0 Å². The molecule has 0 saturated heterocycles. The van der Waals surface area contributed by atoms with E-state index in [1.807, 2.05) is 18.0 Å². The fourth-order valence-electron chi connectivity index (χ4n) is 1.35. The Morgan fingerprint density at radius 1 is 1.00 bits per heavy atom. The van der Waals surface area contributed by atoms with Gasteiger partial charge in [-0.25, -0.2) is 0 Å². The molecule has 0 fully saturated rings. The lowest BCUT2D eigenvalue weighted by atomic mass is 10.1. The van der Waals surface area contributed by atoms with Crippen molar-refractivity contribution in [1.29, 1.82) is 0 Å². The van der Waals surface area contributed by atoms with E-state index in [0.29, 0.717) is 0 Å². The summed E-state index contributed by atoms with van der Waals surface area (Å²) in [7, 11) is 2.02. The van der Waals surface area contributed by atoms with Crippen LogP contribution < -0.4 is 0 Å². The first-order valence-corrected chi connectivity index (χ1v) is 4.70. The Labute approximate surface area is 84.7 Å². The van der Waals surface area contributed by atoms with Crippen molar-refractivity contribution in [3.8, 4) is 0 Å². The second-order valence-corrected chi connectivity index (χ2v) is 3.35. The molecule has 1 aliphatic heterocycles. The number of hydrogen-bond donors (Lipinski definition) is 0. The zero-order valence-corrected chi connectivity index (χ0v) is 8.22. The highest BCUT2D eigenvalue weighted by Gasteiger charge is 1.94. The maximum Gasteiger partial charge on any atom is 0.0106 e. The molecular weight excluding hydrogens is 170 g/mol. The van der Waals surface area contributed by atoms with E-state index in [1.165, 1.54) is 11.1 Å². The molecule has 1 heterocycles. The SMILES string of the molecule is CN1C=CC(=Cc2ccccc2)C=C1. The van der Waals surface area contributed by atoms with Gasteiger partial charge >= 0.3 is 0 Å². The Hall–Kier alpha value is -1.76. The van der Waals surface area contributed by atoms with Gasteiger partial charge in [-0.1, -0.05) is 30.3 Å². The molecule has 0 atom stereocenters. The summed E-state index contributed by atoms with van der Waals surface area (Å²) in [4.78, 5) is 2.03. The third kappa shape index (κ3) is 2.13. The van der Waals surface area contributed by atoms with Crippen LogP contribution in [0.4, 0.5) is 0 Å². The number of nitrogens with zero attached hydrogens (tertiary/aromatic N) is 1. The van der Waals surface area contributed by atoms with Gasteiger partial charge in [0.15, 0.2) is 0 Å². The Morgan fingerprint density at radius 3 is 2.29 bits per heavy atom. The molecule has 2 rings (SSSR count). The Balaban J connectivity index is 2.21. The van der Waals surface area contributed by atoms with Crippen molar-refractivity contribution in [2.24, 2.45) is 0 Å². The van der Waals surface area contributed by atoms with E-state index >= 15 is 0 Å². The molecule has 1 aliphatic rings. The molecule has 1 nitrogen and oxygen atoms in total. The highest BCUT2D eigenvalue weighted by molar-refractivity contribution is 5.59. The van der Waals surface area contributed by atoms with E-state index < -0.39 is 0 Å². The average molecular weight is 183 g/mol. The minimum atomic E-state index is 1.23. The lowest BCUT2D eigenvalue weighted by Crippen LogP contribution is -2.02. The van der Waals surface area contributed by atoms with Gasteiger partial charge in [0.2, 0.25) is 0 Å². The van der Waals surface area contributed by atoms with Crippen LogP contribution in [0.3, 0.4) is 0 Å². The Kier molecular flexibility index (Phi) is 2.50. The molecule has 0 bridgehead atoms. The molecule has 1 aromatic rings. The van der Waals surface area contributed by atoms with Crippen LogP contribution in [0.2, 0.25) is 0 Å². The van der Waals surface area contributed by atoms with E-state index in [-0.39, 0.29) is 0 Å². The predicted molar refractivity (Wildman–Crippen MR) is 60.5 cm³/mol. The summed E-state index contributed by atoms with van der Waals surface area (Å²) in [5, 5.41) is 0. The van der Waals surface area contributed by atoms with Gasteiger partial charge in [0.05, 0.1) is 0 Å². The first kappa shape index (κ1) is 8.82. The number of hydrogen-bond acceptors (Lipinski definition) is 1. The van der Waals surface area contributed by atoms with Crippen LogP contribution in [0.25, 0.3) is 6.08 Å². The maximum atomic E-state index is 2.17.